The highest BCUT2D eigenvalue weighted by Gasteiger charge is 2.19. The molecule has 0 unspecified atom stereocenters. The first-order valence-electron chi connectivity index (χ1n) is 14.7. The van der Waals surface area contributed by atoms with Crippen LogP contribution in [0.3, 0.4) is 0 Å². The molecule has 3 aromatic carbocycles. The number of rotatable bonds is 13. The molecule has 0 bridgehead atoms. The summed E-state index contributed by atoms with van der Waals surface area (Å²) in [6.45, 7) is 3.63. The molecule has 0 radical (unpaired) electrons. The summed E-state index contributed by atoms with van der Waals surface area (Å²) >= 11 is 6.70. The van der Waals surface area contributed by atoms with Gasteiger partial charge in [0.2, 0.25) is 0 Å². The van der Waals surface area contributed by atoms with Crippen LogP contribution in [-0.4, -0.2) is 35.3 Å². The number of aliphatic carboxylic acids is 1. The third-order valence-corrected chi connectivity index (χ3v) is 7.84. The van der Waals surface area contributed by atoms with E-state index in [1.807, 2.05) is 43.3 Å². The lowest BCUT2D eigenvalue weighted by molar-refractivity contribution is -0.139. The maximum absolute atomic E-state index is 11.8. The van der Waals surface area contributed by atoms with Gasteiger partial charge in [-0.1, -0.05) is 35.9 Å². The normalized spacial score (nSPS) is 12.4. The zero-order chi connectivity index (χ0) is 32.5. The third-order valence-electron chi connectivity index (χ3n) is 7.54. The standard InChI is InChI=1S/C36H32ClN3O6/c1-3-4-8-31(36(41)42)40-20-27-16-30(37)34(18-33(27)45-21-24-11-12-39-28(15-24)19-38)46-22-26-6-5-7-29(23(26)2)25-9-10-32-35(17-25)44-14-13-43-32/h1,5-7,9-12,15-18,31,40H,4,8,13-14,20-22H2,2H3,(H,41,42)/t31-/m0/s1. The zero-order valence-corrected chi connectivity index (χ0v) is 26.0. The van der Waals surface area contributed by atoms with E-state index < -0.39 is 12.0 Å². The van der Waals surface area contributed by atoms with Crippen LogP contribution >= 0.6 is 11.6 Å². The van der Waals surface area contributed by atoms with E-state index in [0.717, 1.165) is 39.3 Å². The highest BCUT2D eigenvalue weighted by Crippen LogP contribution is 2.37. The summed E-state index contributed by atoms with van der Waals surface area (Å²) in [5.74, 6) is 3.79. The SMILES string of the molecule is C#CCC[C@H](NCc1cc(Cl)c(OCc2cccc(-c3ccc4c(c3)OCCO4)c2C)cc1OCc1ccnc(C#N)c1)C(=O)O. The minimum atomic E-state index is -1.00. The van der Waals surface area contributed by atoms with Crippen LogP contribution < -0.4 is 24.3 Å². The lowest BCUT2D eigenvalue weighted by atomic mass is 9.96. The van der Waals surface area contributed by atoms with E-state index in [0.29, 0.717) is 41.7 Å². The van der Waals surface area contributed by atoms with Crippen molar-refractivity contribution in [2.24, 2.45) is 0 Å². The number of nitrogens with zero attached hydrogens (tertiary/aromatic N) is 2. The minimum absolute atomic E-state index is 0.140. The molecule has 4 aromatic rings. The molecular weight excluding hydrogens is 606 g/mol. The molecule has 0 spiro atoms. The predicted octanol–water partition coefficient (Wildman–Crippen LogP) is 6.47. The highest BCUT2D eigenvalue weighted by atomic mass is 35.5. The van der Waals surface area contributed by atoms with Gasteiger partial charge < -0.3 is 29.4 Å². The fraction of sp³-hybridized carbons (Fsp3) is 0.250. The molecule has 234 valence electrons. The predicted molar refractivity (Wildman–Crippen MR) is 173 cm³/mol. The van der Waals surface area contributed by atoms with Crippen LogP contribution in [0.1, 0.15) is 40.8 Å². The number of aromatic nitrogens is 1. The van der Waals surface area contributed by atoms with Crippen molar-refractivity contribution in [1.82, 2.24) is 10.3 Å². The van der Waals surface area contributed by atoms with Crippen molar-refractivity contribution in [3.8, 4) is 52.5 Å². The molecule has 9 nitrogen and oxygen atoms in total. The molecule has 0 saturated carbocycles. The van der Waals surface area contributed by atoms with Gasteiger partial charge in [0.25, 0.3) is 0 Å². The van der Waals surface area contributed by atoms with Crippen LogP contribution in [0.5, 0.6) is 23.0 Å². The average Bonchev–Trinajstić information content (AvgIpc) is 3.07. The fourth-order valence-corrected chi connectivity index (χ4v) is 5.28. The van der Waals surface area contributed by atoms with Crippen molar-refractivity contribution in [2.75, 3.05) is 13.2 Å². The Morgan fingerprint density at radius 3 is 2.65 bits per heavy atom. The van der Waals surface area contributed by atoms with Gasteiger partial charge in [-0.2, -0.15) is 5.26 Å². The highest BCUT2D eigenvalue weighted by molar-refractivity contribution is 6.32. The Balaban J connectivity index is 1.37. The summed E-state index contributed by atoms with van der Waals surface area (Å²) in [7, 11) is 0. The van der Waals surface area contributed by atoms with E-state index in [1.165, 1.54) is 0 Å². The van der Waals surface area contributed by atoms with Crippen LogP contribution in [0.4, 0.5) is 0 Å². The van der Waals surface area contributed by atoms with Crippen molar-refractivity contribution in [2.45, 2.75) is 45.6 Å². The molecule has 1 atom stereocenters. The first-order chi connectivity index (χ1) is 22.4. The van der Waals surface area contributed by atoms with Gasteiger partial charge in [0.1, 0.15) is 55.7 Å². The van der Waals surface area contributed by atoms with Crippen molar-refractivity contribution < 1.29 is 28.8 Å². The van der Waals surface area contributed by atoms with Gasteiger partial charge in [-0.3, -0.25) is 4.79 Å². The summed E-state index contributed by atoms with van der Waals surface area (Å²) < 4.78 is 23.9. The molecule has 0 amide bonds. The number of fused-ring (bicyclic) bond motifs is 1. The smallest absolute Gasteiger partial charge is 0.320 e. The monoisotopic (exact) mass is 637 g/mol. The minimum Gasteiger partial charge on any atom is -0.488 e. The van der Waals surface area contributed by atoms with Gasteiger partial charge in [0.05, 0.1) is 5.02 Å². The van der Waals surface area contributed by atoms with Crippen LogP contribution in [0, 0.1) is 30.6 Å². The van der Waals surface area contributed by atoms with Crippen LogP contribution in [0.2, 0.25) is 5.02 Å². The molecule has 0 aliphatic carbocycles. The second kappa shape index (κ2) is 15.2. The van der Waals surface area contributed by atoms with Gasteiger partial charge in [-0.15, -0.1) is 12.3 Å². The Labute approximate surface area is 272 Å². The number of benzene rings is 3. The van der Waals surface area contributed by atoms with Gasteiger partial charge in [-0.25, -0.2) is 4.98 Å². The Bertz CT molecular complexity index is 1810. The first-order valence-corrected chi connectivity index (χ1v) is 15.0. The van der Waals surface area contributed by atoms with E-state index in [2.05, 4.69) is 22.3 Å². The molecule has 5 rings (SSSR count). The molecular formula is C36H32ClN3O6. The fourth-order valence-electron chi connectivity index (χ4n) is 5.04. The second-order valence-electron chi connectivity index (χ2n) is 10.6. The molecule has 46 heavy (non-hydrogen) atoms. The number of hydrogen-bond donors (Lipinski definition) is 2. The number of nitriles is 1. The number of carboxylic acids is 1. The van der Waals surface area contributed by atoms with Gasteiger partial charge in [0.15, 0.2) is 11.5 Å². The maximum Gasteiger partial charge on any atom is 0.320 e. The van der Waals surface area contributed by atoms with Crippen LogP contribution in [0.25, 0.3) is 11.1 Å². The van der Waals surface area contributed by atoms with Gasteiger partial charge >= 0.3 is 5.97 Å². The van der Waals surface area contributed by atoms with Crippen molar-refractivity contribution in [1.29, 1.82) is 5.26 Å². The Morgan fingerprint density at radius 1 is 1.07 bits per heavy atom. The maximum atomic E-state index is 11.8. The lowest BCUT2D eigenvalue weighted by Gasteiger charge is -2.20. The Morgan fingerprint density at radius 2 is 1.87 bits per heavy atom. The summed E-state index contributed by atoms with van der Waals surface area (Å²) in [5, 5.41) is 22.2. The molecule has 2 heterocycles. The number of carbonyl (C=O) groups is 1. The van der Waals surface area contributed by atoms with E-state index in [-0.39, 0.29) is 31.9 Å². The first kappa shape index (κ1) is 32.2. The van der Waals surface area contributed by atoms with Crippen LogP contribution in [-0.2, 0) is 24.6 Å². The molecule has 1 aliphatic rings. The molecule has 1 aliphatic heterocycles. The summed E-state index contributed by atoms with van der Waals surface area (Å²) in [6.07, 6.45) is 7.48. The van der Waals surface area contributed by atoms with Crippen molar-refractivity contribution in [3.63, 3.8) is 0 Å². The number of halogens is 1. The summed E-state index contributed by atoms with van der Waals surface area (Å²) in [6, 6.07) is 19.9. The quantitative estimate of drug-likeness (QED) is 0.159. The summed E-state index contributed by atoms with van der Waals surface area (Å²) in [5.41, 5.74) is 5.71. The van der Waals surface area contributed by atoms with E-state index >= 15 is 0 Å². The molecule has 0 fully saturated rings. The van der Waals surface area contributed by atoms with E-state index in [4.69, 9.17) is 37.0 Å². The number of terminal acetylenes is 1. The van der Waals surface area contributed by atoms with Gasteiger partial charge in [-0.05, 0) is 71.5 Å². The number of nitrogens with one attached hydrogen (secondary N) is 1. The topological polar surface area (TPSA) is 123 Å². The molecule has 0 saturated heterocycles. The second-order valence-corrected chi connectivity index (χ2v) is 11.0. The largest absolute Gasteiger partial charge is 0.488 e. The van der Waals surface area contributed by atoms with E-state index in [9.17, 15) is 15.2 Å². The van der Waals surface area contributed by atoms with Crippen molar-refractivity contribution in [3.05, 3.63) is 99.8 Å². The van der Waals surface area contributed by atoms with Gasteiger partial charge in [0, 0.05) is 30.8 Å². The molecule has 1 aromatic heterocycles. The Hall–Kier alpha value is -5.22. The van der Waals surface area contributed by atoms with E-state index in [1.54, 1.807) is 30.5 Å². The van der Waals surface area contributed by atoms with Crippen molar-refractivity contribution >= 4 is 17.6 Å². The Kier molecular flexibility index (Phi) is 10.6. The van der Waals surface area contributed by atoms with Crippen LogP contribution in [0.15, 0.2) is 66.9 Å². The number of pyridine rings is 1. The third kappa shape index (κ3) is 7.89. The average molecular weight is 638 g/mol. The molecule has 10 heteroatoms. The number of hydrogen-bond acceptors (Lipinski definition) is 8. The summed E-state index contributed by atoms with van der Waals surface area (Å²) in [4.78, 5) is 15.8. The molecule has 2 N–H and O–H groups in total. The number of carboxylic acid groups (broad SMARTS) is 1. The number of ether oxygens (including phenoxy) is 4. The zero-order valence-electron chi connectivity index (χ0n) is 25.2. The lowest BCUT2D eigenvalue weighted by Crippen LogP contribution is -2.36.